The van der Waals surface area contributed by atoms with Crippen molar-refractivity contribution in [3.05, 3.63) is 41.3 Å². The van der Waals surface area contributed by atoms with Gasteiger partial charge in [0.05, 0.1) is 5.69 Å². The zero-order valence-corrected chi connectivity index (χ0v) is 9.16. The molecule has 5 heteroatoms. The molecule has 3 rings (SSSR count). The highest BCUT2D eigenvalue weighted by Gasteiger charge is 2.06. The topological polar surface area (TPSA) is 30.2 Å². The Bertz CT molecular complexity index is 568. The highest BCUT2D eigenvalue weighted by molar-refractivity contribution is 7.20. The normalized spacial score (nSPS) is 11.0. The maximum atomic E-state index is 5.87. The summed E-state index contributed by atoms with van der Waals surface area (Å²) in [5, 5.41) is 0. The van der Waals surface area contributed by atoms with Crippen molar-refractivity contribution >= 4 is 27.9 Å². The summed E-state index contributed by atoms with van der Waals surface area (Å²) in [7, 11) is 0. The highest BCUT2D eigenvalue weighted by atomic mass is 35.5. The number of hydrogen-bond acceptors (Lipinski definition) is 3. The number of rotatable bonds is 1. The van der Waals surface area contributed by atoms with Gasteiger partial charge in [0.25, 0.3) is 0 Å². The second kappa shape index (κ2) is 3.32. The van der Waals surface area contributed by atoms with E-state index in [4.69, 9.17) is 11.6 Å². The Balaban J connectivity index is 2.16. The van der Waals surface area contributed by atoms with Gasteiger partial charge in [0, 0.05) is 30.4 Å². The molecule has 0 saturated heterocycles. The maximum absolute atomic E-state index is 5.87. The van der Waals surface area contributed by atoms with Crippen molar-refractivity contribution in [1.29, 1.82) is 0 Å². The number of aromatic nitrogens is 3. The molecule has 0 aromatic carbocycles. The van der Waals surface area contributed by atoms with E-state index in [2.05, 4.69) is 9.97 Å². The average molecular weight is 236 g/mol. The van der Waals surface area contributed by atoms with Gasteiger partial charge in [0.1, 0.15) is 4.34 Å². The SMILES string of the molecule is Clc1cn2cc(-c3cccnc3)nc2s1. The van der Waals surface area contributed by atoms with E-state index < -0.39 is 0 Å². The molecular weight excluding hydrogens is 230 g/mol. The number of thiazole rings is 1. The van der Waals surface area contributed by atoms with Crippen LogP contribution in [0.25, 0.3) is 16.2 Å². The van der Waals surface area contributed by atoms with E-state index in [1.54, 1.807) is 12.4 Å². The Morgan fingerprint density at radius 3 is 3.00 bits per heavy atom. The third-order valence-electron chi connectivity index (χ3n) is 2.09. The summed E-state index contributed by atoms with van der Waals surface area (Å²) in [5.41, 5.74) is 1.94. The van der Waals surface area contributed by atoms with Crippen molar-refractivity contribution in [2.45, 2.75) is 0 Å². The molecule has 0 aliphatic heterocycles. The molecule has 0 fully saturated rings. The summed E-state index contributed by atoms with van der Waals surface area (Å²) in [6.45, 7) is 0. The van der Waals surface area contributed by atoms with Crippen LogP contribution in [-0.4, -0.2) is 14.4 Å². The molecule has 3 heterocycles. The fourth-order valence-electron chi connectivity index (χ4n) is 1.42. The van der Waals surface area contributed by atoms with E-state index in [0.717, 1.165) is 20.6 Å². The molecule has 0 aliphatic carbocycles. The zero-order valence-electron chi connectivity index (χ0n) is 7.59. The monoisotopic (exact) mass is 235 g/mol. The fraction of sp³-hybridized carbons (Fsp3) is 0. The van der Waals surface area contributed by atoms with Gasteiger partial charge in [-0.05, 0) is 12.1 Å². The molecule has 0 N–H and O–H groups in total. The first-order chi connectivity index (χ1) is 7.33. The predicted octanol–water partition coefficient (Wildman–Crippen LogP) is 3.11. The Morgan fingerprint density at radius 1 is 1.33 bits per heavy atom. The Kier molecular flexibility index (Phi) is 1.97. The summed E-state index contributed by atoms with van der Waals surface area (Å²) < 4.78 is 2.67. The molecule has 0 aliphatic rings. The molecule has 0 radical (unpaired) electrons. The van der Waals surface area contributed by atoms with Crippen LogP contribution in [0.3, 0.4) is 0 Å². The second-order valence-electron chi connectivity index (χ2n) is 3.09. The number of pyridine rings is 1. The number of fused-ring (bicyclic) bond motifs is 1. The van der Waals surface area contributed by atoms with Gasteiger partial charge in [-0.2, -0.15) is 0 Å². The lowest BCUT2D eigenvalue weighted by Gasteiger charge is -1.92. The van der Waals surface area contributed by atoms with Crippen LogP contribution in [0.2, 0.25) is 4.34 Å². The number of imidazole rings is 1. The van der Waals surface area contributed by atoms with Crippen molar-refractivity contribution < 1.29 is 0 Å². The first kappa shape index (κ1) is 8.88. The minimum absolute atomic E-state index is 0.746. The Hall–Kier alpha value is -1.39. The minimum atomic E-state index is 0.746. The largest absolute Gasteiger partial charge is 0.296 e. The summed E-state index contributed by atoms with van der Waals surface area (Å²) >= 11 is 7.33. The molecule has 0 unspecified atom stereocenters. The van der Waals surface area contributed by atoms with E-state index in [-0.39, 0.29) is 0 Å². The molecule has 0 bridgehead atoms. The average Bonchev–Trinajstić information content (AvgIpc) is 2.76. The molecule has 3 aromatic heterocycles. The van der Waals surface area contributed by atoms with Gasteiger partial charge < -0.3 is 0 Å². The van der Waals surface area contributed by atoms with Crippen LogP contribution in [0.5, 0.6) is 0 Å². The van der Waals surface area contributed by atoms with Crippen LogP contribution < -0.4 is 0 Å². The van der Waals surface area contributed by atoms with Gasteiger partial charge in [-0.25, -0.2) is 4.98 Å². The lowest BCUT2D eigenvalue weighted by molar-refractivity contribution is 1.23. The standard InChI is InChI=1S/C10H6ClN3S/c11-9-6-14-5-8(13-10(14)15-9)7-2-1-3-12-4-7/h1-6H. The quantitative estimate of drug-likeness (QED) is 0.649. The van der Waals surface area contributed by atoms with E-state index in [9.17, 15) is 0 Å². The summed E-state index contributed by atoms with van der Waals surface area (Å²) in [6, 6.07) is 3.89. The number of nitrogens with zero attached hydrogens (tertiary/aromatic N) is 3. The third-order valence-corrected chi connectivity index (χ3v) is 3.20. The maximum Gasteiger partial charge on any atom is 0.195 e. The van der Waals surface area contributed by atoms with Crippen molar-refractivity contribution in [2.24, 2.45) is 0 Å². The first-order valence-corrected chi connectivity index (χ1v) is 5.57. The summed E-state index contributed by atoms with van der Waals surface area (Å²) in [6.07, 6.45) is 7.36. The predicted molar refractivity (Wildman–Crippen MR) is 61.3 cm³/mol. The summed E-state index contributed by atoms with van der Waals surface area (Å²) in [5.74, 6) is 0. The van der Waals surface area contributed by atoms with Crippen LogP contribution in [0.4, 0.5) is 0 Å². The molecule has 74 valence electrons. The van der Waals surface area contributed by atoms with Crippen LogP contribution in [0.15, 0.2) is 36.9 Å². The highest BCUT2D eigenvalue weighted by Crippen LogP contribution is 2.25. The molecule has 3 nitrogen and oxygen atoms in total. The zero-order chi connectivity index (χ0) is 10.3. The molecule has 0 saturated carbocycles. The van der Waals surface area contributed by atoms with Crippen molar-refractivity contribution in [3.63, 3.8) is 0 Å². The van der Waals surface area contributed by atoms with Crippen LogP contribution >= 0.6 is 22.9 Å². The molecule has 15 heavy (non-hydrogen) atoms. The summed E-state index contributed by atoms with van der Waals surface area (Å²) in [4.78, 5) is 9.42. The smallest absolute Gasteiger partial charge is 0.195 e. The van der Waals surface area contributed by atoms with Crippen LogP contribution in [0.1, 0.15) is 0 Å². The molecular formula is C10H6ClN3S. The van der Waals surface area contributed by atoms with E-state index >= 15 is 0 Å². The van der Waals surface area contributed by atoms with E-state index in [0.29, 0.717) is 0 Å². The van der Waals surface area contributed by atoms with Gasteiger partial charge >= 0.3 is 0 Å². The fourth-order valence-corrected chi connectivity index (χ4v) is 2.43. The Labute approximate surface area is 95.0 Å². The van der Waals surface area contributed by atoms with Crippen LogP contribution in [0, 0.1) is 0 Å². The first-order valence-electron chi connectivity index (χ1n) is 4.37. The third kappa shape index (κ3) is 1.52. The van der Waals surface area contributed by atoms with Crippen LogP contribution in [-0.2, 0) is 0 Å². The van der Waals surface area contributed by atoms with Crippen molar-refractivity contribution in [1.82, 2.24) is 14.4 Å². The van der Waals surface area contributed by atoms with Gasteiger partial charge in [0.15, 0.2) is 4.96 Å². The minimum Gasteiger partial charge on any atom is -0.296 e. The molecule has 0 spiro atoms. The van der Waals surface area contributed by atoms with Gasteiger partial charge in [-0.1, -0.05) is 22.9 Å². The van der Waals surface area contributed by atoms with Crippen molar-refractivity contribution in [3.8, 4) is 11.3 Å². The van der Waals surface area contributed by atoms with E-state index in [1.807, 2.05) is 28.9 Å². The molecule has 3 aromatic rings. The molecule has 0 amide bonds. The van der Waals surface area contributed by atoms with E-state index in [1.165, 1.54) is 11.3 Å². The number of halogens is 1. The Morgan fingerprint density at radius 2 is 2.27 bits per heavy atom. The van der Waals surface area contributed by atoms with Gasteiger partial charge in [0.2, 0.25) is 0 Å². The van der Waals surface area contributed by atoms with Gasteiger partial charge in [-0.15, -0.1) is 0 Å². The second-order valence-corrected chi connectivity index (χ2v) is 4.73. The van der Waals surface area contributed by atoms with Gasteiger partial charge in [-0.3, -0.25) is 9.38 Å². The lowest BCUT2D eigenvalue weighted by Crippen LogP contribution is -1.77. The lowest BCUT2D eigenvalue weighted by atomic mass is 10.2. The molecule has 0 atom stereocenters. The number of hydrogen-bond donors (Lipinski definition) is 0. The van der Waals surface area contributed by atoms with Crippen molar-refractivity contribution in [2.75, 3.05) is 0 Å².